The molecule has 1 heterocycles. The van der Waals surface area contributed by atoms with Crippen molar-refractivity contribution in [3.05, 3.63) is 65.7 Å². The Labute approximate surface area is 123 Å². The third kappa shape index (κ3) is 3.64. The zero-order valence-electron chi connectivity index (χ0n) is 11.9. The maximum Gasteiger partial charge on any atom is 0.327 e. The molecule has 0 aliphatic carbocycles. The molecule has 1 N–H and O–H groups in total. The van der Waals surface area contributed by atoms with Crippen molar-refractivity contribution < 1.29 is 13.9 Å². The zero-order chi connectivity index (χ0) is 15.2. The molecule has 2 rings (SSSR count). The lowest BCUT2D eigenvalue weighted by molar-refractivity contribution is -0.143. The number of hydrogen-bond acceptors (Lipinski definition) is 4. The molecule has 0 bridgehead atoms. The SMILES string of the molecule is COC(=O)[C@@H](N[C@H](C)c1ccncc1)c1ccccc1F. The Kier molecular flexibility index (Phi) is 5.00. The van der Waals surface area contributed by atoms with Crippen molar-refractivity contribution in [1.82, 2.24) is 10.3 Å². The summed E-state index contributed by atoms with van der Waals surface area (Å²) < 4.78 is 18.7. The van der Waals surface area contributed by atoms with E-state index in [-0.39, 0.29) is 11.6 Å². The molecule has 0 fully saturated rings. The van der Waals surface area contributed by atoms with Gasteiger partial charge in [0.2, 0.25) is 0 Å². The van der Waals surface area contributed by atoms with Gasteiger partial charge in [0.15, 0.2) is 0 Å². The van der Waals surface area contributed by atoms with E-state index in [2.05, 4.69) is 10.3 Å². The largest absolute Gasteiger partial charge is 0.468 e. The first kappa shape index (κ1) is 15.1. The molecular formula is C16H17FN2O2. The molecule has 0 spiro atoms. The van der Waals surface area contributed by atoms with Crippen LogP contribution in [0.3, 0.4) is 0 Å². The van der Waals surface area contributed by atoms with Gasteiger partial charge in [0.05, 0.1) is 7.11 Å². The number of pyridine rings is 1. The molecule has 0 radical (unpaired) electrons. The summed E-state index contributed by atoms with van der Waals surface area (Å²) in [7, 11) is 1.29. The minimum Gasteiger partial charge on any atom is -0.468 e. The van der Waals surface area contributed by atoms with Gasteiger partial charge in [0.1, 0.15) is 11.9 Å². The number of halogens is 1. The summed E-state index contributed by atoms with van der Waals surface area (Å²) in [6, 6.07) is 8.83. The van der Waals surface area contributed by atoms with E-state index in [1.165, 1.54) is 13.2 Å². The summed E-state index contributed by atoms with van der Waals surface area (Å²) in [6.07, 6.45) is 3.34. The molecule has 0 aliphatic rings. The number of hydrogen-bond donors (Lipinski definition) is 1. The van der Waals surface area contributed by atoms with Crippen LogP contribution < -0.4 is 5.32 Å². The van der Waals surface area contributed by atoms with Crippen LogP contribution >= 0.6 is 0 Å². The monoisotopic (exact) mass is 288 g/mol. The Balaban J connectivity index is 2.26. The summed E-state index contributed by atoms with van der Waals surface area (Å²) in [5.74, 6) is -0.969. The number of nitrogens with zero attached hydrogens (tertiary/aromatic N) is 1. The van der Waals surface area contributed by atoms with Crippen molar-refractivity contribution in [2.75, 3.05) is 7.11 Å². The predicted molar refractivity (Wildman–Crippen MR) is 76.9 cm³/mol. The van der Waals surface area contributed by atoms with Gasteiger partial charge >= 0.3 is 5.97 Å². The smallest absolute Gasteiger partial charge is 0.327 e. The summed E-state index contributed by atoms with van der Waals surface area (Å²) >= 11 is 0. The number of nitrogens with one attached hydrogen (secondary N) is 1. The van der Waals surface area contributed by atoms with Gasteiger partial charge in [-0.25, -0.2) is 9.18 Å². The van der Waals surface area contributed by atoms with Crippen LogP contribution in [0.15, 0.2) is 48.8 Å². The quantitative estimate of drug-likeness (QED) is 0.860. The molecule has 1 aromatic carbocycles. The van der Waals surface area contributed by atoms with Crippen molar-refractivity contribution in [3.8, 4) is 0 Å². The van der Waals surface area contributed by atoms with Crippen LogP contribution in [0.5, 0.6) is 0 Å². The average molecular weight is 288 g/mol. The normalized spacial score (nSPS) is 13.5. The van der Waals surface area contributed by atoms with Crippen molar-refractivity contribution in [2.24, 2.45) is 0 Å². The second kappa shape index (κ2) is 6.95. The maximum atomic E-state index is 13.9. The fourth-order valence-corrected chi connectivity index (χ4v) is 2.11. The molecule has 0 amide bonds. The lowest BCUT2D eigenvalue weighted by atomic mass is 10.0. The van der Waals surface area contributed by atoms with Crippen molar-refractivity contribution in [2.45, 2.75) is 19.0 Å². The molecule has 0 unspecified atom stereocenters. The highest BCUT2D eigenvalue weighted by atomic mass is 19.1. The lowest BCUT2D eigenvalue weighted by Crippen LogP contribution is -2.32. The second-order valence-electron chi connectivity index (χ2n) is 4.65. The van der Waals surface area contributed by atoms with Crippen LogP contribution in [-0.4, -0.2) is 18.1 Å². The Morgan fingerprint density at radius 3 is 2.52 bits per heavy atom. The molecule has 0 aliphatic heterocycles. The predicted octanol–water partition coefficient (Wildman–Crippen LogP) is 2.79. The third-order valence-electron chi connectivity index (χ3n) is 3.28. The first-order valence-electron chi connectivity index (χ1n) is 6.61. The summed E-state index contributed by atoms with van der Waals surface area (Å²) in [5.41, 5.74) is 1.22. The van der Waals surface area contributed by atoms with Crippen LogP contribution in [0.4, 0.5) is 4.39 Å². The molecule has 4 nitrogen and oxygen atoms in total. The molecule has 5 heteroatoms. The summed E-state index contributed by atoms with van der Waals surface area (Å²) in [6.45, 7) is 1.89. The molecule has 110 valence electrons. The molecule has 2 atom stereocenters. The standard InChI is InChI=1S/C16H17FN2O2/c1-11(12-7-9-18-10-8-12)19-15(16(20)21-2)13-5-3-4-6-14(13)17/h3-11,15,19H,1-2H3/t11-,15+/m1/s1. The van der Waals surface area contributed by atoms with Crippen LogP contribution in [0.25, 0.3) is 0 Å². The highest BCUT2D eigenvalue weighted by Gasteiger charge is 2.26. The highest BCUT2D eigenvalue weighted by molar-refractivity contribution is 5.77. The Morgan fingerprint density at radius 2 is 1.90 bits per heavy atom. The summed E-state index contributed by atoms with van der Waals surface area (Å²) in [5, 5.41) is 3.10. The molecule has 1 aromatic heterocycles. The third-order valence-corrected chi connectivity index (χ3v) is 3.28. The molecular weight excluding hydrogens is 271 g/mol. The average Bonchev–Trinajstić information content (AvgIpc) is 2.53. The van der Waals surface area contributed by atoms with Crippen LogP contribution in [0.1, 0.15) is 30.1 Å². The summed E-state index contributed by atoms with van der Waals surface area (Å²) in [4.78, 5) is 15.9. The fraction of sp³-hybridized carbons (Fsp3) is 0.250. The first-order valence-corrected chi connectivity index (χ1v) is 6.61. The Hall–Kier alpha value is -2.27. The van der Waals surface area contributed by atoms with Crippen molar-refractivity contribution in [1.29, 1.82) is 0 Å². The molecule has 21 heavy (non-hydrogen) atoms. The zero-order valence-corrected chi connectivity index (χ0v) is 11.9. The van der Waals surface area contributed by atoms with Gasteiger partial charge < -0.3 is 4.74 Å². The van der Waals surface area contributed by atoms with Crippen LogP contribution in [0.2, 0.25) is 0 Å². The van der Waals surface area contributed by atoms with E-state index >= 15 is 0 Å². The van der Waals surface area contributed by atoms with Crippen molar-refractivity contribution >= 4 is 5.97 Å². The van der Waals surface area contributed by atoms with Gasteiger partial charge in [-0.2, -0.15) is 0 Å². The number of benzene rings is 1. The van der Waals surface area contributed by atoms with E-state index in [1.807, 2.05) is 19.1 Å². The van der Waals surface area contributed by atoms with E-state index in [1.54, 1.807) is 30.6 Å². The van der Waals surface area contributed by atoms with Crippen LogP contribution in [0, 0.1) is 5.82 Å². The number of carbonyl (C=O) groups is 1. The molecule has 2 aromatic rings. The van der Waals surface area contributed by atoms with E-state index in [0.717, 1.165) is 5.56 Å². The van der Waals surface area contributed by atoms with Gasteiger partial charge in [-0.3, -0.25) is 10.3 Å². The maximum absolute atomic E-state index is 13.9. The van der Waals surface area contributed by atoms with Crippen molar-refractivity contribution in [3.63, 3.8) is 0 Å². The Bertz CT molecular complexity index is 604. The van der Waals surface area contributed by atoms with Crippen LogP contribution in [-0.2, 0) is 9.53 Å². The number of rotatable bonds is 5. The Morgan fingerprint density at radius 1 is 1.24 bits per heavy atom. The van der Waals surface area contributed by atoms with E-state index < -0.39 is 17.8 Å². The number of esters is 1. The minimum absolute atomic E-state index is 0.156. The van der Waals surface area contributed by atoms with Gasteiger partial charge in [-0.15, -0.1) is 0 Å². The van der Waals surface area contributed by atoms with E-state index in [4.69, 9.17) is 4.74 Å². The fourth-order valence-electron chi connectivity index (χ4n) is 2.11. The van der Waals surface area contributed by atoms with Gasteiger partial charge in [-0.1, -0.05) is 18.2 Å². The second-order valence-corrected chi connectivity index (χ2v) is 4.65. The minimum atomic E-state index is -0.862. The lowest BCUT2D eigenvalue weighted by Gasteiger charge is -2.22. The highest BCUT2D eigenvalue weighted by Crippen LogP contribution is 2.22. The first-order chi connectivity index (χ1) is 10.1. The molecule has 0 saturated heterocycles. The topological polar surface area (TPSA) is 51.2 Å². The number of aromatic nitrogens is 1. The van der Waals surface area contributed by atoms with Gasteiger partial charge in [0, 0.05) is 24.0 Å². The number of methoxy groups -OCH3 is 1. The van der Waals surface area contributed by atoms with E-state index in [0.29, 0.717) is 0 Å². The molecule has 0 saturated carbocycles. The number of ether oxygens (including phenoxy) is 1. The number of carbonyl (C=O) groups excluding carboxylic acids is 1. The van der Waals surface area contributed by atoms with E-state index in [9.17, 15) is 9.18 Å². The van der Waals surface area contributed by atoms with Gasteiger partial charge in [0.25, 0.3) is 0 Å². The van der Waals surface area contributed by atoms with Gasteiger partial charge in [-0.05, 0) is 30.7 Å².